The van der Waals surface area contributed by atoms with Crippen LogP contribution in [0.5, 0.6) is 17.2 Å². The molecule has 212 valence electrons. The summed E-state index contributed by atoms with van der Waals surface area (Å²) in [5, 5.41) is 23.8. The number of nitrogens with one attached hydrogen (secondary N) is 2. The Kier molecular flexibility index (Phi) is 10.4. The van der Waals surface area contributed by atoms with Crippen LogP contribution in [0.1, 0.15) is 22.7 Å². The van der Waals surface area contributed by atoms with E-state index in [9.17, 15) is 36.2 Å². The van der Waals surface area contributed by atoms with E-state index >= 15 is 0 Å². The molecule has 0 fully saturated rings. The Labute approximate surface area is 223 Å². The van der Waals surface area contributed by atoms with Crippen molar-refractivity contribution in [2.24, 2.45) is 0 Å². The SMILES string of the molecule is CS(=O)(=O)Nc1cc(C[C@H](O)CN[C@H](Cc2ccccc2)c2ccc(OC(F)F)c(OC(F)F)c2)ccc1O. The summed E-state index contributed by atoms with van der Waals surface area (Å²) in [6, 6.07) is 16.6. The van der Waals surface area contributed by atoms with Crippen LogP contribution in [0.3, 0.4) is 0 Å². The van der Waals surface area contributed by atoms with E-state index in [2.05, 4.69) is 19.5 Å². The van der Waals surface area contributed by atoms with Crippen LogP contribution in [0.25, 0.3) is 0 Å². The van der Waals surface area contributed by atoms with Gasteiger partial charge >= 0.3 is 13.2 Å². The first-order chi connectivity index (χ1) is 18.4. The number of hydrogen-bond donors (Lipinski definition) is 4. The molecule has 0 saturated heterocycles. The molecule has 0 aromatic heterocycles. The topological polar surface area (TPSA) is 117 Å². The molecule has 0 bridgehead atoms. The van der Waals surface area contributed by atoms with Crippen molar-refractivity contribution in [1.82, 2.24) is 5.32 Å². The second-order valence-corrected chi connectivity index (χ2v) is 10.4. The van der Waals surface area contributed by atoms with Gasteiger partial charge in [0.25, 0.3) is 0 Å². The molecule has 0 saturated carbocycles. The fourth-order valence-corrected chi connectivity index (χ4v) is 4.46. The van der Waals surface area contributed by atoms with Gasteiger partial charge in [-0.2, -0.15) is 17.6 Å². The summed E-state index contributed by atoms with van der Waals surface area (Å²) < 4.78 is 85.4. The molecule has 3 aromatic carbocycles. The second kappa shape index (κ2) is 13.5. The van der Waals surface area contributed by atoms with E-state index in [0.29, 0.717) is 17.5 Å². The molecule has 0 spiro atoms. The number of rotatable bonds is 14. The van der Waals surface area contributed by atoms with Crippen molar-refractivity contribution in [2.45, 2.75) is 38.2 Å². The molecule has 39 heavy (non-hydrogen) atoms. The van der Waals surface area contributed by atoms with Gasteiger partial charge in [-0.15, -0.1) is 0 Å². The van der Waals surface area contributed by atoms with Gasteiger partial charge in [-0.05, 0) is 53.8 Å². The fraction of sp³-hybridized carbons (Fsp3) is 0.308. The quantitative estimate of drug-likeness (QED) is 0.167. The van der Waals surface area contributed by atoms with Gasteiger partial charge in [-0.1, -0.05) is 42.5 Å². The van der Waals surface area contributed by atoms with E-state index in [0.717, 1.165) is 17.9 Å². The minimum Gasteiger partial charge on any atom is -0.506 e. The number of ether oxygens (including phenoxy) is 2. The normalized spacial score (nSPS) is 13.3. The first kappa shape index (κ1) is 30.0. The minimum atomic E-state index is -3.64. The van der Waals surface area contributed by atoms with Crippen LogP contribution in [-0.2, 0) is 22.9 Å². The molecule has 3 rings (SSSR count). The number of anilines is 1. The molecule has 0 aliphatic rings. The van der Waals surface area contributed by atoms with Gasteiger partial charge < -0.3 is 25.0 Å². The zero-order valence-corrected chi connectivity index (χ0v) is 21.5. The number of phenolic OH excluding ortho intramolecular Hbond substituents is 1. The fourth-order valence-electron chi connectivity index (χ4n) is 3.89. The molecule has 3 aromatic rings. The molecule has 0 heterocycles. The standard InChI is InChI=1S/C26H28F4N2O6S/c1-39(35,36)32-21-13-17(7-9-22(21)34)11-19(33)15-31-20(12-16-5-3-2-4-6-16)18-8-10-23(37-25(27)28)24(14-18)38-26(29)30/h2-10,13-14,19-20,25-26,31-34H,11-12,15H2,1H3/t19-,20+/m0/s1. The molecule has 0 aliphatic heterocycles. The second-order valence-electron chi connectivity index (χ2n) is 8.70. The molecular formula is C26H28F4N2O6S. The van der Waals surface area contributed by atoms with E-state index in [1.54, 1.807) is 0 Å². The Bertz CT molecular complexity index is 1330. The first-order valence-electron chi connectivity index (χ1n) is 11.7. The van der Waals surface area contributed by atoms with Gasteiger partial charge in [0.2, 0.25) is 10.0 Å². The van der Waals surface area contributed by atoms with Crippen LogP contribution in [0.4, 0.5) is 23.2 Å². The lowest BCUT2D eigenvalue weighted by molar-refractivity contribution is -0.0692. The third kappa shape index (κ3) is 9.93. The summed E-state index contributed by atoms with van der Waals surface area (Å²) in [4.78, 5) is 0. The maximum absolute atomic E-state index is 13.0. The van der Waals surface area contributed by atoms with Crippen LogP contribution in [0.2, 0.25) is 0 Å². The van der Waals surface area contributed by atoms with E-state index in [4.69, 9.17) is 0 Å². The average molecular weight is 573 g/mol. The summed E-state index contributed by atoms with van der Waals surface area (Å²) >= 11 is 0. The lowest BCUT2D eigenvalue weighted by atomic mass is 9.97. The average Bonchev–Trinajstić information content (AvgIpc) is 2.84. The smallest absolute Gasteiger partial charge is 0.387 e. The van der Waals surface area contributed by atoms with Crippen LogP contribution in [0, 0.1) is 0 Å². The van der Waals surface area contributed by atoms with Crippen molar-refractivity contribution in [3.8, 4) is 17.2 Å². The van der Waals surface area contributed by atoms with Gasteiger partial charge in [-0.3, -0.25) is 4.72 Å². The van der Waals surface area contributed by atoms with Crippen molar-refractivity contribution in [2.75, 3.05) is 17.5 Å². The summed E-state index contributed by atoms with van der Waals surface area (Å²) in [6.07, 6.45) is 0.412. The number of aliphatic hydroxyl groups excluding tert-OH is 1. The highest BCUT2D eigenvalue weighted by Gasteiger charge is 2.20. The maximum atomic E-state index is 13.0. The zero-order valence-electron chi connectivity index (χ0n) is 20.7. The van der Waals surface area contributed by atoms with Gasteiger partial charge in [0.05, 0.1) is 18.0 Å². The predicted molar refractivity (Wildman–Crippen MR) is 137 cm³/mol. The molecule has 2 atom stereocenters. The lowest BCUT2D eigenvalue weighted by Crippen LogP contribution is -2.32. The zero-order chi connectivity index (χ0) is 28.6. The molecule has 0 amide bonds. The molecule has 13 heteroatoms. The Balaban J connectivity index is 1.80. The van der Waals surface area contributed by atoms with Crippen LogP contribution in [0.15, 0.2) is 66.7 Å². The molecule has 8 nitrogen and oxygen atoms in total. The van der Waals surface area contributed by atoms with Crippen molar-refractivity contribution in [3.05, 3.63) is 83.4 Å². The number of hydrogen-bond acceptors (Lipinski definition) is 7. The van der Waals surface area contributed by atoms with Gasteiger partial charge in [-0.25, -0.2) is 8.42 Å². The van der Waals surface area contributed by atoms with Gasteiger partial charge in [0.15, 0.2) is 11.5 Å². The third-order valence-corrected chi connectivity index (χ3v) is 6.10. The Morgan fingerprint density at radius 3 is 2.15 bits per heavy atom. The van der Waals surface area contributed by atoms with Gasteiger partial charge in [0, 0.05) is 12.6 Å². The number of phenols is 1. The van der Waals surface area contributed by atoms with Crippen molar-refractivity contribution in [3.63, 3.8) is 0 Å². The highest BCUT2D eigenvalue weighted by atomic mass is 32.2. The van der Waals surface area contributed by atoms with E-state index < -0.39 is 46.9 Å². The summed E-state index contributed by atoms with van der Waals surface area (Å²) in [6.45, 7) is -6.49. The molecule has 0 unspecified atom stereocenters. The highest BCUT2D eigenvalue weighted by Crippen LogP contribution is 2.34. The van der Waals surface area contributed by atoms with Crippen LogP contribution in [-0.4, -0.2) is 50.8 Å². The van der Waals surface area contributed by atoms with Crippen molar-refractivity contribution < 1.29 is 45.7 Å². The molecule has 4 N–H and O–H groups in total. The lowest BCUT2D eigenvalue weighted by Gasteiger charge is -2.23. The third-order valence-electron chi connectivity index (χ3n) is 5.51. The monoisotopic (exact) mass is 572 g/mol. The number of sulfonamides is 1. The van der Waals surface area contributed by atoms with Crippen molar-refractivity contribution in [1.29, 1.82) is 0 Å². The Morgan fingerprint density at radius 1 is 0.846 bits per heavy atom. The largest absolute Gasteiger partial charge is 0.506 e. The number of halogens is 4. The predicted octanol–water partition coefficient (Wildman–Crippen LogP) is 4.44. The van der Waals surface area contributed by atoms with Crippen LogP contribution < -0.4 is 19.5 Å². The molecule has 0 radical (unpaired) electrons. The minimum absolute atomic E-state index is 0.0214. The summed E-state index contributed by atoms with van der Waals surface area (Å²) in [7, 11) is -3.64. The number of aromatic hydroxyl groups is 1. The Morgan fingerprint density at radius 2 is 1.51 bits per heavy atom. The number of benzene rings is 3. The summed E-state index contributed by atoms with van der Waals surface area (Å²) in [5.74, 6) is -1.38. The first-order valence-corrected chi connectivity index (χ1v) is 13.6. The van der Waals surface area contributed by atoms with E-state index in [1.165, 1.54) is 30.3 Å². The van der Waals surface area contributed by atoms with E-state index in [1.807, 2.05) is 30.3 Å². The summed E-state index contributed by atoms with van der Waals surface area (Å²) in [5.41, 5.74) is 1.81. The maximum Gasteiger partial charge on any atom is 0.387 e. The number of aliphatic hydroxyl groups is 1. The van der Waals surface area contributed by atoms with Crippen LogP contribution >= 0.6 is 0 Å². The Hall–Kier alpha value is -3.55. The number of alkyl halides is 4. The highest BCUT2D eigenvalue weighted by molar-refractivity contribution is 7.92. The van der Waals surface area contributed by atoms with E-state index in [-0.39, 0.29) is 24.4 Å². The van der Waals surface area contributed by atoms with Crippen molar-refractivity contribution >= 4 is 15.7 Å². The van der Waals surface area contributed by atoms with Gasteiger partial charge in [0.1, 0.15) is 5.75 Å². The molecule has 0 aliphatic carbocycles. The molecular weight excluding hydrogens is 544 g/mol.